The Bertz CT molecular complexity index is 868. The van der Waals surface area contributed by atoms with Crippen LogP contribution in [0.5, 0.6) is 0 Å². The molecule has 3 rings (SSSR count). The normalized spacial score (nSPS) is 12.6. The van der Waals surface area contributed by atoms with Crippen LogP contribution in [0, 0.1) is 0 Å². The van der Waals surface area contributed by atoms with Gasteiger partial charge in [0.05, 0.1) is 36.9 Å². The molecule has 1 N–H and O–H groups in total. The second-order valence-corrected chi connectivity index (χ2v) is 6.19. The molecule has 0 aliphatic rings. The molecule has 0 aliphatic carbocycles. The summed E-state index contributed by atoms with van der Waals surface area (Å²) in [6.07, 6.45) is 0.152. The number of hydrogen-bond acceptors (Lipinski definition) is 3. The van der Waals surface area contributed by atoms with Gasteiger partial charge in [0.25, 0.3) is 0 Å². The Kier molecular flexibility index (Phi) is 5.68. The van der Waals surface area contributed by atoms with Gasteiger partial charge in [-0.3, -0.25) is 9.13 Å². The van der Waals surface area contributed by atoms with Crippen LogP contribution in [0.2, 0.25) is 0 Å². The Morgan fingerprint density at radius 2 is 1.64 bits per heavy atom. The minimum absolute atomic E-state index is 0.0786. The molecule has 0 amide bonds. The van der Waals surface area contributed by atoms with Crippen LogP contribution >= 0.6 is 0 Å². The van der Waals surface area contributed by atoms with Crippen LogP contribution in [-0.4, -0.2) is 27.0 Å². The molecule has 0 fully saturated rings. The SMILES string of the molecule is CCCn1c(=O)n(CC(O)COCc2ccccc2)c2ccccc21. The second-order valence-electron chi connectivity index (χ2n) is 6.19. The first kappa shape index (κ1) is 17.5. The highest BCUT2D eigenvalue weighted by atomic mass is 16.5. The number of fused-ring (bicyclic) bond motifs is 1. The summed E-state index contributed by atoms with van der Waals surface area (Å²) in [4.78, 5) is 12.7. The predicted octanol–water partition coefficient (Wildman–Crippen LogP) is 2.79. The molecule has 0 saturated heterocycles. The van der Waals surface area contributed by atoms with E-state index in [0.717, 1.165) is 23.0 Å². The molecule has 0 spiro atoms. The van der Waals surface area contributed by atoms with Crippen LogP contribution in [-0.2, 0) is 24.4 Å². The molecular weight excluding hydrogens is 316 g/mol. The van der Waals surface area contributed by atoms with Crippen LogP contribution in [0.3, 0.4) is 0 Å². The van der Waals surface area contributed by atoms with Crippen molar-refractivity contribution in [2.45, 2.75) is 39.1 Å². The number of rotatable bonds is 8. The molecular formula is C20H24N2O3. The third-order valence-corrected chi connectivity index (χ3v) is 4.19. The minimum atomic E-state index is -0.734. The molecule has 0 aliphatic heterocycles. The lowest BCUT2D eigenvalue weighted by Gasteiger charge is -2.12. The lowest BCUT2D eigenvalue weighted by atomic mass is 10.2. The molecule has 0 bridgehead atoms. The highest BCUT2D eigenvalue weighted by molar-refractivity contribution is 5.75. The van der Waals surface area contributed by atoms with Gasteiger partial charge in [-0.25, -0.2) is 4.79 Å². The van der Waals surface area contributed by atoms with Crippen molar-refractivity contribution in [3.8, 4) is 0 Å². The van der Waals surface area contributed by atoms with Crippen LogP contribution < -0.4 is 5.69 Å². The smallest absolute Gasteiger partial charge is 0.329 e. The van der Waals surface area contributed by atoms with Crippen molar-refractivity contribution in [1.82, 2.24) is 9.13 Å². The van der Waals surface area contributed by atoms with E-state index in [4.69, 9.17) is 4.74 Å². The van der Waals surface area contributed by atoms with E-state index < -0.39 is 6.10 Å². The Morgan fingerprint density at radius 3 is 2.32 bits per heavy atom. The van der Waals surface area contributed by atoms with Crippen molar-refractivity contribution in [1.29, 1.82) is 0 Å². The molecule has 3 aromatic rings. The van der Waals surface area contributed by atoms with E-state index >= 15 is 0 Å². The largest absolute Gasteiger partial charge is 0.389 e. The van der Waals surface area contributed by atoms with Gasteiger partial charge < -0.3 is 9.84 Å². The fraction of sp³-hybridized carbons (Fsp3) is 0.350. The number of imidazole rings is 1. The van der Waals surface area contributed by atoms with Gasteiger partial charge in [0.2, 0.25) is 0 Å². The van der Waals surface area contributed by atoms with Gasteiger partial charge in [-0.05, 0) is 24.1 Å². The van der Waals surface area contributed by atoms with E-state index in [1.165, 1.54) is 0 Å². The molecule has 132 valence electrons. The van der Waals surface area contributed by atoms with Crippen LogP contribution in [0.1, 0.15) is 18.9 Å². The third-order valence-electron chi connectivity index (χ3n) is 4.19. The van der Waals surface area contributed by atoms with Gasteiger partial charge in [0.15, 0.2) is 0 Å². The van der Waals surface area contributed by atoms with Gasteiger partial charge in [-0.1, -0.05) is 49.4 Å². The summed E-state index contributed by atoms with van der Waals surface area (Å²) < 4.78 is 9.00. The average Bonchev–Trinajstić information content (AvgIpc) is 2.89. The van der Waals surface area contributed by atoms with E-state index in [9.17, 15) is 9.90 Å². The van der Waals surface area contributed by atoms with Gasteiger partial charge in [-0.2, -0.15) is 0 Å². The standard InChI is InChI=1S/C20H24N2O3/c1-2-12-21-18-10-6-7-11-19(18)22(20(21)24)13-17(23)15-25-14-16-8-4-3-5-9-16/h3-11,17,23H,2,12-15H2,1H3. The van der Waals surface area contributed by atoms with Crippen molar-refractivity contribution in [3.05, 3.63) is 70.6 Å². The third kappa shape index (κ3) is 4.00. The zero-order chi connectivity index (χ0) is 17.6. The highest BCUT2D eigenvalue weighted by Crippen LogP contribution is 2.14. The summed E-state index contributed by atoms with van der Waals surface area (Å²) >= 11 is 0. The number of benzene rings is 2. The molecule has 5 heteroatoms. The predicted molar refractivity (Wildman–Crippen MR) is 98.6 cm³/mol. The number of ether oxygens (including phenoxy) is 1. The van der Waals surface area contributed by atoms with Crippen molar-refractivity contribution >= 4 is 11.0 Å². The summed E-state index contributed by atoms with van der Waals surface area (Å²) in [6.45, 7) is 3.58. The number of hydrogen-bond donors (Lipinski definition) is 1. The molecule has 2 aromatic carbocycles. The average molecular weight is 340 g/mol. The van der Waals surface area contributed by atoms with Crippen LogP contribution in [0.4, 0.5) is 0 Å². The lowest BCUT2D eigenvalue weighted by Crippen LogP contribution is -2.30. The fourth-order valence-electron chi connectivity index (χ4n) is 3.04. The highest BCUT2D eigenvalue weighted by Gasteiger charge is 2.15. The number of aryl methyl sites for hydroxylation is 1. The quantitative estimate of drug-likeness (QED) is 0.686. The lowest BCUT2D eigenvalue weighted by molar-refractivity contribution is 0.0204. The van der Waals surface area contributed by atoms with E-state index in [1.807, 2.05) is 61.5 Å². The molecule has 1 atom stereocenters. The fourth-order valence-corrected chi connectivity index (χ4v) is 3.04. The first-order valence-electron chi connectivity index (χ1n) is 8.68. The van der Waals surface area contributed by atoms with Crippen LogP contribution in [0.25, 0.3) is 11.0 Å². The zero-order valence-electron chi connectivity index (χ0n) is 14.5. The maximum absolute atomic E-state index is 12.7. The van der Waals surface area contributed by atoms with E-state index in [2.05, 4.69) is 0 Å². The number of aromatic nitrogens is 2. The molecule has 25 heavy (non-hydrogen) atoms. The van der Waals surface area contributed by atoms with Crippen LogP contribution in [0.15, 0.2) is 59.4 Å². The van der Waals surface area contributed by atoms with E-state index in [-0.39, 0.29) is 18.8 Å². The summed E-state index contributed by atoms with van der Waals surface area (Å²) in [5, 5.41) is 10.3. The number of nitrogens with zero attached hydrogens (tertiary/aromatic N) is 2. The summed E-state index contributed by atoms with van der Waals surface area (Å²) in [6, 6.07) is 17.5. The Balaban J connectivity index is 1.69. The zero-order valence-corrected chi connectivity index (χ0v) is 14.5. The number of para-hydroxylation sites is 2. The molecule has 5 nitrogen and oxygen atoms in total. The number of aliphatic hydroxyl groups excluding tert-OH is 1. The van der Waals surface area contributed by atoms with Gasteiger partial charge in [0, 0.05) is 6.54 Å². The molecule has 1 heterocycles. The number of aliphatic hydroxyl groups is 1. The minimum Gasteiger partial charge on any atom is -0.389 e. The molecule has 0 saturated carbocycles. The van der Waals surface area contributed by atoms with Gasteiger partial charge in [-0.15, -0.1) is 0 Å². The van der Waals surface area contributed by atoms with E-state index in [0.29, 0.717) is 13.2 Å². The van der Waals surface area contributed by atoms with E-state index in [1.54, 1.807) is 9.13 Å². The van der Waals surface area contributed by atoms with Crippen molar-refractivity contribution in [2.75, 3.05) is 6.61 Å². The van der Waals surface area contributed by atoms with Gasteiger partial charge >= 0.3 is 5.69 Å². The topological polar surface area (TPSA) is 56.4 Å². The summed E-state index contributed by atoms with van der Waals surface area (Å²) in [7, 11) is 0. The Labute approximate surface area is 147 Å². The molecule has 1 unspecified atom stereocenters. The summed E-state index contributed by atoms with van der Waals surface area (Å²) in [5.74, 6) is 0. The first-order valence-corrected chi connectivity index (χ1v) is 8.68. The van der Waals surface area contributed by atoms with Crippen molar-refractivity contribution in [3.63, 3.8) is 0 Å². The van der Waals surface area contributed by atoms with Crippen molar-refractivity contribution < 1.29 is 9.84 Å². The summed E-state index contributed by atoms with van der Waals surface area (Å²) in [5.41, 5.74) is 2.74. The molecule has 1 aromatic heterocycles. The van der Waals surface area contributed by atoms with Crippen molar-refractivity contribution in [2.24, 2.45) is 0 Å². The second kappa shape index (κ2) is 8.14. The first-order chi connectivity index (χ1) is 12.2. The molecule has 0 radical (unpaired) electrons. The maximum Gasteiger partial charge on any atom is 0.329 e. The van der Waals surface area contributed by atoms with Gasteiger partial charge in [0.1, 0.15) is 0 Å². The Hall–Kier alpha value is -2.37. The monoisotopic (exact) mass is 340 g/mol. The maximum atomic E-state index is 12.7. The Morgan fingerprint density at radius 1 is 1.00 bits per heavy atom.